The molecule has 1 aliphatic rings. The summed E-state index contributed by atoms with van der Waals surface area (Å²) in [7, 11) is 1.67. The first-order chi connectivity index (χ1) is 14.2. The molecule has 1 heterocycles. The predicted octanol–water partition coefficient (Wildman–Crippen LogP) is 5.86. The number of hydrogen-bond donors (Lipinski definition) is 1. The highest BCUT2D eigenvalue weighted by atomic mass is 16.5. The van der Waals surface area contributed by atoms with Crippen molar-refractivity contribution in [3.8, 4) is 5.75 Å². The Morgan fingerprint density at radius 1 is 1.23 bits per heavy atom. The van der Waals surface area contributed by atoms with Gasteiger partial charge in [0, 0.05) is 35.6 Å². The van der Waals surface area contributed by atoms with Gasteiger partial charge in [-0.2, -0.15) is 0 Å². The van der Waals surface area contributed by atoms with Crippen LogP contribution >= 0.6 is 0 Å². The maximum Gasteiger partial charge on any atom is 0.335 e. The van der Waals surface area contributed by atoms with Gasteiger partial charge < -0.3 is 14.7 Å². The molecule has 5 heteroatoms. The predicted molar refractivity (Wildman–Crippen MR) is 124 cm³/mol. The van der Waals surface area contributed by atoms with Crippen LogP contribution in [0.1, 0.15) is 61.2 Å². The quantitative estimate of drug-likeness (QED) is 0.610. The maximum atomic E-state index is 11.1. The number of allylic oxidation sites excluding steroid dienone is 1. The number of fused-ring (bicyclic) bond motifs is 1. The summed E-state index contributed by atoms with van der Waals surface area (Å²) in [6, 6.07) is 9.17. The third-order valence-corrected chi connectivity index (χ3v) is 5.56. The van der Waals surface area contributed by atoms with E-state index in [1.807, 2.05) is 6.92 Å². The first-order valence-corrected chi connectivity index (χ1v) is 10.3. The summed E-state index contributed by atoms with van der Waals surface area (Å²) in [5.41, 5.74) is 6.24. The van der Waals surface area contributed by atoms with Gasteiger partial charge >= 0.3 is 5.97 Å². The molecule has 0 unspecified atom stereocenters. The van der Waals surface area contributed by atoms with E-state index in [9.17, 15) is 4.79 Å². The van der Waals surface area contributed by atoms with Crippen molar-refractivity contribution < 1.29 is 14.6 Å². The zero-order valence-corrected chi connectivity index (χ0v) is 18.6. The average Bonchev–Trinajstić information content (AvgIpc) is 2.69. The number of carboxylic acid groups (broad SMARTS) is 1. The molecule has 0 radical (unpaired) electrons. The van der Waals surface area contributed by atoms with E-state index >= 15 is 0 Å². The number of aromatic carboxylic acids is 1. The Morgan fingerprint density at radius 2 is 1.97 bits per heavy atom. The van der Waals surface area contributed by atoms with Crippen LogP contribution in [0.5, 0.6) is 5.75 Å². The molecule has 2 aromatic rings. The molecule has 5 nitrogen and oxygen atoms in total. The van der Waals surface area contributed by atoms with Gasteiger partial charge in [0.2, 0.25) is 0 Å². The number of anilines is 1. The molecule has 3 rings (SSSR count). The van der Waals surface area contributed by atoms with Crippen LogP contribution in [0.4, 0.5) is 11.4 Å². The van der Waals surface area contributed by atoms with E-state index < -0.39 is 5.97 Å². The normalized spacial score (nSPS) is 15.1. The van der Waals surface area contributed by atoms with E-state index in [1.54, 1.807) is 31.5 Å². The number of carbonyl (C=O) groups is 1. The number of aliphatic imine (C=N–C) groups is 1. The molecule has 0 atom stereocenters. The van der Waals surface area contributed by atoms with Crippen molar-refractivity contribution in [1.82, 2.24) is 0 Å². The molecule has 1 aliphatic heterocycles. The third-order valence-electron chi connectivity index (χ3n) is 5.56. The second-order valence-electron chi connectivity index (χ2n) is 8.31. The topological polar surface area (TPSA) is 62.1 Å². The molecule has 0 fully saturated rings. The molecule has 30 heavy (non-hydrogen) atoms. The maximum absolute atomic E-state index is 11.1. The number of methoxy groups -OCH3 is 1. The van der Waals surface area contributed by atoms with Crippen LogP contribution in [-0.2, 0) is 0 Å². The van der Waals surface area contributed by atoms with Crippen LogP contribution in [0.25, 0.3) is 5.57 Å². The number of ether oxygens (including phenoxy) is 1. The SMILES string of the molecule is CCCN1c2cc(OC)c(C=Nc3ccc(C(=O)O)cc3C)cc2C(C)=CC1(C)C. The number of hydrogen-bond acceptors (Lipinski definition) is 4. The van der Waals surface area contributed by atoms with Gasteiger partial charge in [0.05, 0.1) is 23.9 Å². The highest BCUT2D eigenvalue weighted by Gasteiger charge is 2.31. The number of nitrogens with zero attached hydrogens (tertiary/aromatic N) is 2. The molecule has 0 spiro atoms. The molecule has 2 aromatic carbocycles. The average molecular weight is 407 g/mol. The van der Waals surface area contributed by atoms with E-state index in [-0.39, 0.29) is 11.1 Å². The monoisotopic (exact) mass is 406 g/mol. The van der Waals surface area contributed by atoms with Gasteiger partial charge in [-0.15, -0.1) is 0 Å². The third kappa shape index (κ3) is 4.11. The first kappa shape index (κ1) is 21.6. The molecule has 0 aliphatic carbocycles. The van der Waals surface area contributed by atoms with E-state index in [0.29, 0.717) is 0 Å². The molecular weight excluding hydrogens is 376 g/mol. The molecule has 158 valence electrons. The second-order valence-corrected chi connectivity index (χ2v) is 8.31. The van der Waals surface area contributed by atoms with Gasteiger partial charge in [0.25, 0.3) is 0 Å². The lowest BCUT2D eigenvalue weighted by atomic mass is 9.87. The van der Waals surface area contributed by atoms with Crippen LogP contribution in [0.3, 0.4) is 0 Å². The standard InChI is InChI=1S/C25H30N2O3/c1-7-10-27-22-13-23(30-6)19(12-20(22)17(3)14-25(27,4)5)15-26-21-9-8-18(24(28)29)11-16(21)2/h8-9,11-15H,7,10H2,1-6H3,(H,28,29). The largest absolute Gasteiger partial charge is 0.496 e. The van der Waals surface area contributed by atoms with Gasteiger partial charge in [-0.05, 0) is 69.5 Å². The molecule has 1 N–H and O–H groups in total. The summed E-state index contributed by atoms with van der Waals surface area (Å²) in [4.78, 5) is 18.2. The Hall–Kier alpha value is -3.08. The first-order valence-electron chi connectivity index (χ1n) is 10.3. The van der Waals surface area contributed by atoms with Crippen LogP contribution in [-0.4, -0.2) is 36.5 Å². The number of rotatable bonds is 6. The van der Waals surface area contributed by atoms with Gasteiger partial charge in [0.15, 0.2) is 0 Å². The van der Waals surface area contributed by atoms with Crippen molar-refractivity contribution in [2.45, 2.75) is 46.6 Å². The highest BCUT2D eigenvalue weighted by Crippen LogP contribution is 2.42. The minimum atomic E-state index is -0.938. The van der Waals surface area contributed by atoms with E-state index in [1.165, 1.54) is 16.8 Å². The van der Waals surface area contributed by atoms with Crippen LogP contribution < -0.4 is 9.64 Å². The van der Waals surface area contributed by atoms with Gasteiger partial charge in [0.1, 0.15) is 5.75 Å². The Bertz CT molecular complexity index is 1030. The van der Waals surface area contributed by atoms with E-state index in [0.717, 1.165) is 35.5 Å². The Labute approximate surface area is 178 Å². The van der Waals surface area contributed by atoms with Crippen LogP contribution in [0, 0.1) is 6.92 Å². The minimum Gasteiger partial charge on any atom is -0.496 e. The summed E-state index contributed by atoms with van der Waals surface area (Å²) in [5, 5.41) is 9.15. The Morgan fingerprint density at radius 3 is 2.57 bits per heavy atom. The van der Waals surface area contributed by atoms with Gasteiger partial charge in [-0.3, -0.25) is 4.99 Å². The highest BCUT2D eigenvalue weighted by molar-refractivity contribution is 5.92. The Balaban J connectivity index is 2.05. The van der Waals surface area contributed by atoms with Crippen molar-refractivity contribution in [3.63, 3.8) is 0 Å². The van der Waals surface area contributed by atoms with Crippen molar-refractivity contribution in [1.29, 1.82) is 0 Å². The lowest BCUT2D eigenvalue weighted by molar-refractivity contribution is 0.0697. The smallest absolute Gasteiger partial charge is 0.335 e. The summed E-state index contributed by atoms with van der Waals surface area (Å²) in [6.45, 7) is 11.6. The van der Waals surface area contributed by atoms with E-state index in [2.05, 4.69) is 55.8 Å². The summed E-state index contributed by atoms with van der Waals surface area (Å²) < 4.78 is 5.70. The fourth-order valence-electron chi connectivity index (χ4n) is 4.10. The fourth-order valence-corrected chi connectivity index (χ4v) is 4.10. The van der Waals surface area contributed by atoms with Crippen molar-refractivity contribution in [3.05, 3.63) is 58.7 Å². The zero-order valence-electron chi connectivity index (χ0n) is 18.6. The zero-order chi connectivity index (χ0) is 22.1. The van der Waals surface area contributed by atoms with Crippen LogP contribution in [0.2, 0.25) is 0 Å². The fraction of sp³-hybridized carbons (Fsp3) is 0.360. The Kier molecular flexibility index (Phi) is 6.01. The molecule has 0 saturated heterocycles. The summed E-state index contributed by atoms with van der Waals surface area (Å²) in [5.74, 6) is -0.171. The van der Waals surface area contributed by atoms with Crippen molar-refractivity contribution in [2.75, 3.05) is 18.6 Å². The minimum absolute atomic E-state index is 0.0588. The van der Waals surface area contributed by atoms with E-state index in [4.69, 9.17) is 9.84 Å². The number of carboxylic acids is 1. The van der Waals surface area contributed by atoms with Crippen molar-refractivity contribution >= 4 is 29.1 Å². The molecule has 0 saturated carbocycles. The van der Waals surface area contributed by atoms with Crippen molar-refractivity contribution in [2.24, 2.45) is 4.99 Å². The van der Waals surface area contributed by atoms with Gasteiger partial charge in [-0.25, -0.2) is 4.79 Å². The molecule has 0 bridgehead atoms. The lowest BCUT2D eigenvalue weighted by Gasteiger charge is -2.43. The lowest BCUT2D eigenvalue weighted by Crippen LogP contribution is -2.45. The molecule has 0 aromatic heterocycles. The molecular formula is C25H30N2O3. The molecule has 0 amide bonds. The summed E-state index contributed by atoms with van der Waals surface area (Å²) >= 11 is 0. The number of aryl methyl sites for hydroxylation is 1. The number of benzene rings is 2. The van der Waals surface area contributed by atoms with Crippen LogP contribution in [0.15, 0.2) is 41.4 Å². The second kappa shape index (κ2) is 8.34. The van der Waals surface area contributed by atoms with Gasteiger partial charge in [-0.1, -0.05) is 13.0 Å². The summed E-state index contributed by atoms with van der Waals surface area (Å²) in [6.07, 6.45) is 5.17.